The zero-order valence-corrected chi connectivity index (χ0v) is 19.9. The number of carbonyl (C=O) groups is 1. The number of hydrogen-bond donors (Lipinski definition) is 1. The Labute approximate surface area is 195 Å². The highest BCUT2D eigenvalue weighted by molar-refractivity contribution is 7.87. The van der Waals surface area contributed by atoms with Gasteiger partial charge in [0, 0.05) is 12.5 Å². The van der Waals surface area contributed by atoms with E-state index in [1.165, 1.54) is 7.11 Å². The Balaban J connectivity index is 2.19. The molecule has 3 unspecified atom stereocenters. The number of nitrogens with zero attached hydrogens (tertiary/aromatic N) is 2. The van der Waals surface area contributed by atoms with E-state index >= 15 is 0 Å². The first-order valence-electron chi connectivity index (χ1n) is 10.7. The number of anilines is 1. The number of ether oxygens (including phenoxy) is 2. The average Bonchev–Trinajstić information content (AvgIpc) is 2.80. The van der Waals surface area contributed by atoms with Crippen molar-refractivity contribution in [1.29, 1.82) is 5.26 Å². The second-order valence-electron chi connectivity index (χ2n) is 7.66. The molecule has 0 aliphatic heterocycles. The molecule has 0 amide bonds. The van der Waals surface area contributed by atoms with Gasteiger partial charge in [-0.1, -0.05) is 37.3 Å². The van der Waals surface area contributed by atoms with Crippen molar-refractivity contribution in [3.05, 3.63) is 60.2 Å². The Hall–Kier alpha value is -3.09. The molecule has 0 bridgehead atoms. The number of methoxy groups -OCH3 is 1. The van der Waals surface area contributed by atoms with Gasteiger partial charge in [-0.2, -0.15) is 13.7 Å². The van der Waals surface area contributed by atoms with E-state index in [2.05, 4.69) is 6.07 Å². The van der Waals surface area contributed by atoms with Crippen LogP contribution >= 0.6 is 0 Å². The van der Waals surface area contributed by atoms with Crippen LogP contribution in [0.1, 0.15) is 38.2 Å². The summed E-state index contributed by atoms with van der Waals surface area (Å²) >= 11 is 0. The maximum absolute atomic E-state index is 12.5. The zero-order chi connectivity index (χ0) is 24.4. The molecule has 2 aromatic carbocycles. The summed E-state index contributed by atoms with van der Waals surface area (Å²) in [6.45, 7) is 3.83. The fraction of sp³-hybridized carbons (Fsp3) is 0.417. The lowest BCUT2D eigenvalue weighted by Gasteiger charge is -2.28. The molecule has 178 valence electrons. The molecule has 2 rings (SSSR count). The third-order valence-corrected chi connectivity index (χ3v) is 6.45. The average molecular weight is 475 g/mol. The summed E-state index contributed by atoms with van der Waals surface area (Å²) < 4.78 is 44.8. The Morgan fingerprint density at radius 1 is 1.15 bits per heavy atom. The van der Waals surface area contributed by atoms with Crippen LogP contribution in [0.15, 0.2) is 54.6 Å². The van der Waals surface area contributed by atoms with Gasteiger partial charge in [-0.3, -0.25) is 9.35 Å². The molecule has 9 heteroatoms. The van der Waals surface area contributed by atoms with E-state index in [4.69, 9.17) is 9.47 Å². The first-order chi connectivity index (χ1) is 15.7. The molecule has 0 aliphatic rings. The van der Waals surface area contributed by atoms with Crippen LogP contribution in [0.25, 0.3) is 0 Å². The highest BCUT2D eigenvalue weighted by atomic mass is 32.2. The molecule has 0 saturated heterocycles. The molecule has 0 radical (unpaired) electrons. The number of carbonyl (C=O) groups excluding carboxylic acids is 1. The number of benzene rings is 2. The molecular weight excluding hydrogens is 444 g/mol. The van der Waals surface area contributed by atoms with Gasteiger partial charge in [-0.05, 0) is 55.5 Å². The van der Waals surface area contributed by atoms with Crippen LogP contribution in [0.2, 0.25) is 0 Å². The molecule has 0 aromatic heterocycles. The first kappa shape index (κ1) is 26.2. The van der Waals surface area contributed by atoms with Gasteiger partial charge in [0.15, 0.2) is 5.92 Å². The fourth-order valence-electron chi connectivity index (χ4n) is 3.90. The number of nitriles is 1. The van der Waals surface area contributed by atoms with Crippen molar-refractivity contribution in [2.24, 2.45) is 11.8 Å². The number of rotatable bonds is 12. The van der Waals surface area contributed by atoms with Crippen molar-refractivity contribution in [1.82, 2.24) is 0 Å². The van der Waals surface area contributed by atoms with E-state index in [9.17, 15) is 23.0 Å². The lowest BCUT2D eigenvalue weighted by atomic mass is 9.76. The predicted molar refractivity (Wildman–Crippen MR) is 125 cm³/mol. The molecule has 3 atom stereocenters. The van der Waals surface area contributed by atoms with Crippen molar-refractivity contribution < 1.29 is 27.2 Å². The van der Waals surface area contributed by atoms with Crippen LogP contribution in [0, 0.1) is 23.2 Å². The Bertz CT molecular complexity index is 1030. The molecule has 0 aliphatic carbocycles. The van der Waals surface area contributed by atoms with Crippen molar-refractivity contribution >= 4 is 22.0 Å². The molecular formula is C24H30N2O6S. The topological polar surface area (TPSA) is 117 Å². The molecule has 0 fully saturated rings. The van der Waals surface area contributed by atoms with Crippen LogP contribution in [-0.4, -0.2) is 39.2 Å². The van der Waals surface area contributed by atoms with Gasteiger partial charge in [0.2, 0.25) is 0 Å². The standard InChI is InChI=1S/C24H30N2O6S/c1-4-32-24(27)22(17-25)23(19-10-6-5-7-11-19)18(2)9-8-16-26(33(28,29)30)20-12-14-21(31-3)15-13-20/h5-7,10-15,18,22-23H,4,8-9,16H2,1-3H3,(H,28,29,30). The molecule has 2 aromatic rings. The summed E-state index contributed by atoms with van der Waals surface area (Å²) in [4.78, 5) is 12.5. The minimum Gasteiger partial charge on any atom is -0.497 e. The molecule has 1 N–H and O–H groups in total. The summed E-state index contributed by atoms with van der Waals surface area (Å²) in [5.74, 6) is -1.55. The van der Waals surface area contributed by atoms with Gasteiger partial charge >= 0.3 is 16.3 Å². The van der Waals surface area contributed by atoms with Crippen LogP contribution < -0.4 is 9.04 Å². The highest BCUT2D eigenvalue weighted by Crippen LogP contribution is 2.35. The van der Waals surface area contributed by atoms with E-state index in [0.29, 0.717) is 24.3 Å². The predicted octanol–water partition coefficient (Wildman–Crippen LogP) is 4.21. The molecule has 8 nitrogen and oxygen atoms in total. The van der Waals surface area contributed by atoms with Crippen molar-refractivity contribution in [3.8, 4) is 11.8 Å². The summed E-state index contributed by atoms with van der Waals surface area (Å²) in [5.41, 5.74) is 1.15. The Morgan fingerprint density at radius 2 is 1.79 bits per heavy atom. The molecule has 0 saturated carbocycles. The summed E-state index contributed by atoms with van der Waals surface area (Å²) in [6.07, 6.45) is 0.913. The highest BCUT2D eigenvalue weighted by Gasteiger charge is 2.34. The molecule has 33 heavy (non-hydrogen) atoms. The maximum Gasteiger partial charge on any atom is 0.359 e. The number of hydrogen-bond acceptors (Lipinski definition) is 6. The van der Waals surface area contributed by atoms with E-state index in [1.54, 1.807) is 31.2 Å². The quantitative estimate of drug-likeness (QED) is 0.362. The van der Waals surface area contributed by atoms with Gasteiger partial charge in [-0.15, -0.1) is 0 Å². The summed E-state index contributed by atoms with van der Waals surface area (Å²) in [7, 11) is -2.98. The fourth-order valence-corrected chi connectivity index (χ4v) is 4.65. The van der Waals surface area contributed by atoms with E-state index in [1.807, 2.05) is 37.3 Å². The number of esters is 1. The van der Waals surface area contributed by atoms with Gasteiger partial charge in [-0.25, -0.2) is 4.31 Å². The minimum absolute atomic E-state index is 0.0354. The third kappa shape index (κ3) is 7.20. The van der Waals surface area contributed by atoms with Gasteiger partial charge in [0.25, 0.3) is 0 Å². The molecule has 0 spiro atoms. The van der Waals surface area contributed by atoms with Crippen LogP contribution in [0.3, 0.4) is 0 Å². The van der Waals surface area contributed by atoms with E-state index in [-0.39, 0.29) is 19.1 Å². The smallest absolute Gasteiger partial charge is 0.359 e. The normalized spacial score (nSPS) is 13.9. The van der Waals surface area contributed by atoms with Crippen LogP contribution in [0.4, 0.5) is 5.69 Å². The Kier molecular flexibility index (Phi) is 9.70. The largest absolute Gasteiger partial charge is 0.497 e. The van der Waals surface area contributed by atoms with Gasteiger partial charge < -0.3 is 9.47 Å². The van der Waals surface area contributed by atoms with Crippen LogP contribution in [-0.2, 0) is 19.8 Å². The van der Waals surface area contributed by atoms with Crippen LogP contribution in [0.5, 0.6) is 5.75 Å². The zero-order valence-electron chi connectivity index (χ0n) is 19.0. The van der Waals surface area contributed by atoms with Gasteiger partial charge in [0.1, 0.15) is 5.75 Å². The molecule has 0 heterocycles. The summed E-state index contributed by atoms with van der Waals surface area (Å²) in [5, 5.41) is 9.73. The van der Waals surface area contributed by atoms with E-state index in [0.717, 1.165) is 9.87 Å². The third-order valence-electron chi connectivity index (χ3n) is 5.50. The van der Waals surface area contributed by atoms with Gasteiger partial charge in [0.05, 0.1) is 25.5 Å². The second-order valence-corrected chi connectivity index (χ2v) is 9.00. The monoisotopic (exact) mass is 474 g/mol. The SMILES string of the molecule is CCOC(=O)C(C#N)C(c1ccccc1)C(C)CCCN(c1ccc(OC)cc1)S(=O)(=O)O. The first-order valence-corrected chi connectivity index (χ1v) is 12.1. The summed E-state index contributed by atoms with van der Waals surface area (Å²) in [6, 6.07) is 17.7. The van der Waals surface area contributed by atoms with Crippen molar-refractivity contribution in [2.45, 2.75) is 32.6 Å². The maximum atomic E-state index is 12.5. The second kappa shape index (κ2) is 12.2. The van der Waals surface area contributed by atoms with Crippen molar-refractivity contribution in [3.63, 3.8) is 0 Å². The lowest BCUT2D eigenvalue weighted by molar-refractivity contribution is -0.147. The minimum atomic E-state index is -4.48. The van der Waals surface area contributed by atoms with Crippen molar-refractivity contribution in [2.75, 3.05) is 24.6 Å². The Morgan fingerprint density at radius 3 is 2.30 bits per heavy atom. The van der Waals surface area contributed by atoms with E-state index < -0.39 is 28.1 Å². The lowest BCUT2D eigenvalue weighted by Crippen LogP contribution is -2.32.